The number of methoxy groups -OCH3 is 1. The lowest BCUT2D eigenvalue weighted by Gasteiger charge is -1.99. The second kappa shape index (κ2) is 5.72. The van der Waals surface area contributed by atoms with Gasteiger partial charge >= 0.3 is 0 Å². The molecule has 0 bridgehead atoms. The summed E-state index contributed by atoms with van der Waals surface area (Å²) in [7, 11) is 1.62. The summed E-state index contributed by atoms with van der Waals surface area (Å²) >= 11 is 0. The van der Waals surface area contributed by atoms with Crippen LogP contribution in [0.25, 0.3) is 22.8 Å². The largest absolute Gasteiger partial charge is 0.497 e. The van der Waals surface area contributed by atoms with Gasteiger partial charge in [0, 0.05) is 23.9 Å². The number of nitrogens with zero attached hydrogens (tertiary/aromatic N) is 3. The summed E-state index contributed by atoms with van der Waals surface area (Å²) in [4.78, 5) is 8.53. The van der Waals surface area contributed by atoms with E-state index in [4.69, 9.17) is 15.0 Å². The van der Waals surface area contributed by atoms with Crippen LogP contribution in [-0.4, -0.2) is 22.2 Å². The predicted molar refractivity (Wildman–Crippen MR) is 77.4 cm³/mol. The summed E-state index contributed by atoms with van der Waals surface area (Å²) in [6, 6.07) is 11.1. The molecule has 0 radical (unpaired) electrons. The molecule has 6 heteroatoms. The predicted octanol–water partition coefficient (Wildman–Crippen LogP) is 2.27. The number of hydrogen-bond acceptors (Lipinski definition) is 6. The van der Waals surface area contributed by atoms with Gasteiger partial charge in [0.1, 0.15) is 5.75 Å². The van der Waals surface area contributed by atoms with E-state index in [0.29, 0.717) is 18.3 Å². The number of ether oxygens (including phenoxy) is 1. The zero-order valence-corrected chi connectivity index (χ0v) is 11.5. The summed E-state index contributed by atoms with van der Waals surface area (Å²) in [5, 5.41) is 4.00. The van der Waals surface area contributed by atoms with Gasteiger partial charge in [-0.1, -0.05) is 5.16 Å². The highest BCUT2D eigenvalue weighted by Crippen LogP contribution is 2.23. The van der Waals surface area contributed by atoms with Crippen molar-refractivity contribution in [2.24, 2.45) is 5.73 Å². The first-order chi connectivity index (χ1) is 10.3. The van der Waals surface area contributed by atoms with Crippen LogP contribution in [0.1, 0.15) is 5.69 Å². The highest BCUT2D eigenvalue weighted by molar-refractivity contribution is 5.60. The second-order valence-corrected chi connectivity index (χ2v) is 4.39. The fraction of sp³-hybridized carbons (Fsp3) is 0.133. The Hall–Kier alpha value is -2.73. The first-order valence-corrected chi connectivity index (χ1v) is 6.43. The summed E-state index contributed by atoms with van der Waals surface area (Å²) in [6.45, 7) is 0.368. The van der Waals surface area contributed by atoms with Crippen molar-refractivity contribution in [2.75, 3.05) is 7.11 Å². The lowest BCUT2D eigenvalue weighted by atomic mass is 10.2. The molecule has 0 fully saturated rings. The third-order valence-corrected chi connectivity index (χ3v) is 3.05. The van der Waals surface area contributed by atoms with Gasteiger partial charge in [-0.05, 0) is 36.4 Å². The van der Waals surface area contributed by atoms with Gasteiger partial charge in [-0.15, -0.1) is 0 Å². The van der Waals surface area contributed by atoms with E-state index in [2.05, 4.69) is 15.1 Å². The molecule has 3 rings (SSSR count). The van der Waals surface area contributed by atoms with E-state index in [1.165, 1.54) is 0 Å². The molecule has 0 unspecified atom stereocenters. The van der Waals surface area contributed by atoms with Crippen LogP contribution in [0.3, 0.4) is 0 Å². The van der Waals surface area contributed by atoms with E-state index in [0.717, 1.165) is 22.6 Å². The molecule has 0 aliphatic carbocycles. The standard InChI is InChI=1S/C15H14N4O2/c1-20-13-4-2-10(3-5-13)14-18-15(21-19-14)11-6-7-17-12(8-11)9-16/h2-8H,9,16H2,1H3. The summed E-state index contributed by atoms with van der Waals surface area (Å²) < 4.78 is 10.4. The van der Waals surface area contributed by atoms with E-state index in [-0.39, 0.29) is 0 Å². The molecular weight excluding hydrogens is 268 g/mol. The van der Waals surface area contributed by atoms with Crippen LogP contribution < -0.4 is 10.5 Å². The van der Waals surface area contributed by atoms with Crippen LogP contribution in [0, 0.1) is 0 Å². The number of nitrogens with two attached hydrogens (primary N) is 1. The highest BCUT2D eigenvalue weighted by Gasteiger charge is 2.11. The second-order valence-electron chi connectivity index (χ2n) is 4.39. The first-order valence-electron chi connectivity index (χ1n) is 6.43. The molecular formula is C15H14N4O2. The molecule has 0 saturated heterocycles. The van der Waals surface area contributed by atoms with E-state index < -0.39 is 0 Å². The molecule has 2 heterocycles. The number of aromatic nitrogens is 3. The van der Waals surface area contributed by atoms with Crippen molar-refractivity contribution < 1.29 is 9.26 Å². The molecule has 0 saturated carbocycles. The lowest BCUT2D eigenvalue weighted by molar-refractivity contribution is 0.415. The van der Waals surface area contributed by atoms with Gasteiger partial charge in [-0.25, -0.2) is 0 Å². The Kier molecular flexibility index (Phi) is 3.61. The molecule has 0 amide bonds. The van der Waals surface area contributed by atoms with Gasteiger partial charge in [0.05, 0.1) is 12.8 Å². The van der Waals surface area contributed by atoms with Gasteiger partial charge in [-0.3, -0.25) is 4.98 Å². The highest BCUT2D eigenvalue weighted by atomic mass is 16.5. The summed E-state index contributed by atoms with van der Waals surface area (Å²) in [5.41, 5.74) is 8.02. The number of hydrogen-bond donors (Lipinski definition) is 1. The summed E-state index contributed by atoms with van der Waals surface area (Å²) in [5.74, 6) is 1.75. The molecule has 21 heavy (non-hydrogen) atoms. The van der Waals surface area contributed by atoms with Crippen LogP contribution in [0.2, 0.25) is 0 Å². The molecule has 0 spiro atoms. The minimum Gasteiger partial charge on any atom is -0.497 e. The number of benzene rings is 1. The Morgan fingerprint density at radius 3 is 2.67 bits per heavy atom. The SMILES string of the molecule is COc1ccc(-c2noc(-c3ccnc(CN)c3)n2)cc1. The maximum Gasteiger partial charge on any atom is 0.258 e. The van der Waals surface area contributed by atoms with Crippen molar-refractivity contribution in [3.63, 3.8) is 0 Å². The number of rotatable bonds is 4. The summed E-state index contributed by atoms with van der Waals surface area (Å²) in [6.07, 6.45) is 1.68. The zero-order valence-electron chi connectivity index (χ0n) is 11.5. The van der Waals surface area contributed by atoms with Gasteiger partial charge in [-0.2, -0.15) is 4.98 Å². The molecule has 2 aromatic heterocycles. The topological polar surface area (TPSA) is 87.1 Å². The Labute approximate surface area is 121 Å². The van der Waals surface area contributed by atoms with E-state index in [1.54, 1.807) is 13.3 Å². The fourth-order valence-corrected chi connectivity index (χ4v) is 1.92. The third-order valence-electron chi connectivity index (χ3n) is 3.05. The van der Waals surface area contributed by atoms with Gasteiger partial charge < -0.3 is 15.0 Å². The minimum atomic E-state index is 0.368. The zero-order chi connectivity index (χ0) is 14.7. The Morgan fingerprint density at radius 1 is 1.14 bits per heavy atom. The minimum absolute atomic E-state index is 0.368. The quantitative estimate of drug-likeness (QED) is 0.789. The van der Waals surface area contributed by atoms with Crippen molar-refractivity contribution in [2.45, 2.75) is 6.54 Å². The maximum atomic E-state index is 5.58. The Balaban J connectivity index is 1.91. The van der Waals surface area contributed by atoms with E-state index in [1.807, 2.05) is 36.4 Å². The molecule has 0 atom stereocenters. The molecule has 106 valence electrons. The Bertz CT molecular complexity index is 737. The third kappa shape index (κ3) is 2.75. The normalized spacial score (nSPS) is 10.6. The van der Waals surface area contributed by atoms with Gasteiger partial charge in [0.25, 0.3) is 5.89 Å². The molecule has 3 aromatic rings. The smallest absolute Gasteiger partial charge is 0.258 e. The molecule has 0 aliphatic heterocycles. The van der Waals surface area contributed by atoms with Gasteiger partial charge in [0.15, 0.2) is 0 Å². The molecule has 0 aliphatic rings. The molecule has 6 nitrogen and oxygen atoms in total. The van der Waals surface area contributed by atoms with Crippen LogP contribution in [-0.2, 0) is 6.54 Å². The van der Waals surface area contributed by atoms with E-state index in [9.17, 15) is 0 Å². The van der Waals surface area contributed by atoms with Crippen molar-refractivity contribution in [1.29, 1.82) is 0 Å². The fourth-order valence-electron chi connectivity index (χ4n) is 1.92. The van der Waals surface area contributed by atoms with Crippen LogP contribution >= 0.6 is 0 Å². The van der Waals surface area contributed by atoms with Crippen molar-refractivity contribution in [3.8, 4) is 28.6 Å². The van der Waals surface area contributed by atoms with Crippen LogP contribution in [0.4, 0.5) is 0 Å². The first kappa shape index (κ1) is 13.3. The van der Waals surface area contributed by atoms with Crippen molar-refractivity contribution in [1.82, 2.24) is 15.1 Å². The van der Waals surface area contributed by atoms with E-state index >= 15 is 0 Å². The van der Waals surface area contributed by atoms with Crippen LogP contribution in [0.15, 0.2) is 47.1 Å². The van der Waals surface area contributed by atoms with Gasteiger partial charge in [0.2, 0.25) is 5.82 Å². The van der Waals surface area contributed by atoms with Crippen molar-refractivity contribution in [3.05, 3.63) is 48.3 Å². The van der Waals surface area contributed by atoms with Crippen molar-refractivity contribution >= 4 is 0 Å². The Morgan fingerprint density at radius 2 is 1.95 bits per heavy atom. The lowest BCUT2D eigenvalue weighted by Crippen LogP contribution is -1.98. The molecule has 2 N–H and O–H groups in total. The average Bonchev–Trinajstić information content (AvgIpc) is 3.05. The maximum absolute atomic E-state index is 5.58. The monoisotopic (exact) mass is 282 g/mol. The van der Waals surface area contributed by atoms with Crippen LogP contribution in [0.5, 0.6) is 5.75 Å². The average molecular weight is 282 g/mol. The molecule has 1 aromatic carbocycles. The number of pyridine rings is 1.